The molecule has 0 atom stereocenters. The molecule has 1 fully saturated rings. The number of halogens is 1. The number of hydrogen-bond acceptors (Lipinski definition) is 9. The molecule has 1 aromatic carbocycles. The van der Waals surface area contributed by atoms with Gasteiger partial charge in [-0.05, 0) is 43.7 Å². The van der Waals surface area contributed by atoms with Crippen molar-refractivity contribution in [2.75, 3.05) is 19.3 Å². The molecular weight excluding hydrogens is 539 g/mol. The standard InChI is InChI=1S/C27H29FN6O5S/c1-17(2)38-15-18-4-6-23(29-13-18)27(35)33-10-8-19(9-11-33)39-26-21-14-32-34(25(21)30-16-31-26)24-7-5-20(12-22(24)28)40(3,36)37/h4-7,12-14,16-17,19H,8-11,15H2,1-3H3. The van der Waals surface area contributed by atoms with Crippen molar-refractivity contribution in [1.82, 2.24) is 29.6 Å². The Kier molecular flexibility index (Phi) is 7.76. The van der Waals surface area contributed by atoms with Gasteiger partial charge in [0.1, 0.15) is 35.0 Å². The normalized spacial score (nSPS) is 14.7. The van der Waals surface area contributed by atoms with Crippen molar-refractivity contribution in [3.8, 4) is 11.6 Å². The Balaban J connectivity index is 1.24. The van der Waals surface area contributed by atoms with Crippen LogP contribution in [0, 0.1) is 5.82 Å². The highest BCUT2D eigenvalue weighted by Crippen LogP contribution is 2.28. The Hall–Kier alpha value is -3.97. The maximum absolute atomic E-state index is 14.8. The summed E-state index contributed by atoms with van der Waals surface area (Å²) in [6.45, 7) is 5.36. The van der Waals surface area contributed by atoms with Gasteiger partial charge in [-0.1, -0.05) is 6.07 Å². The number of fused-ring (bicyclic) bond motifs is 1. The van der Waals surface area contributed by atoms with E-state index >= 15 is 0 Å². The van der Waals surface area contributed by atoms with E-state index in [1.54, 1.807) is 17.2 Å². The number of amides is 1. The van der Waals surface area contributed by atoms with Gasteiger partial charge >= 0.3 is 0 Å². The van der Waals surface area contributed by atoms with Gasteiger partial charge in [-0.3, -0.25) is 9.78 Å². The maximum Gasteiger partial charge on any atom is 0.272 e. The molecular formula is C27H29FN6O5S. The number of likely N-dealkylation sites (tertiary alicyclic amines) is 1. The van der Waals surface area contributed by atoms with Gasteiger partial charge in [-0.15, -0.1) is 0 Å². The van der Waals surface area contributed by atoms with Crippen LogP contribution in [-0.4, -0.2) is 75.5 Å². The van der Waals surface area contributed by atoms with Crippen molar-refractivity contribution in [3.63, 3.8) is 0 Å². The number of carbonyl (C=O) groups is 1. The number of sulfone groups is 1. The van der Waals surface area contributed by atoms with E-state index in [9.17, 15) is 17.6 Å². The fourth-order valence-electron chi connectivity index (χ4n) is 4.38. The van der Waals surface area contributed by atoms with Crippen LogP contribution in [0.4, 0.5) is 4.39 Å². The number of nitrogens with zero attached hydrogens (tertiary/aromatic N) is 6. The molecule has 0 N–H and O–H groups in total. The molecule has 0 aliphatic carbocycles. The van der Waals surface area contributed by atoms with Crippen molar-refractivity contribution in [2.24, 2.45) is 0 Å². The molecule has 0 saturated carbocycles. The Bertz CT molecular complexity index is 1630. The number of hydrogen-bond donors (Lipinski definition) is 0. The summed E-state index contributed by atoms with van der Waals surface area (Å²) < 4.78 is 51.3. The molecule has 3 aromatic heterocycles. The average molecular weight is 569 g/mol. The fraction of sp³-hybridized carbons (Fsp3) is 0.370. The van der Waals surface area contributed by atoms with Crippen molar-refractivity contribution in [3.05, 3.63) is 66.1 Å². The van der Waals surface area contributed by atoms with E-state index in [2.05, 4.69) is 20.1 Å². The van der Waals surface area contributed by atoms with Crippen LogP contribution < -0.4 is 4.74 Å². The first-order valence-electron chi connectivity index (χ1n) is 12.8. The second-order valence-electron chi connectivity index (χ2n) is 9.88. The zero-order valence-electron chi connectivity index (χ0n) is 22.3. The molecule has 0 bridgehead atoms. The molecule has 1 saturated heterocycles. The second kappa shape index (κ2) is 11.3. The Morgan fingerprint density at radius 1 is 1.10 bits per heavy atom. The number of carbonyl (C=O) groups excluding carboxylic acids is 1. The summed E-state index contributed by atoms with van der Waals surface area (Å²) in [6, 6.07) is 7.19. The third kappa shape index (κ3) is 5.94. The predicted molar refractivity (Wildman–Crippen MR) is 143 cm³/mol. The zero-order valence-corrected chi connectivity index (χ0v) is 23.1. The monoisotopic (exact) mass is 568 g/mol. The lowest BCUT2D eigenvalue weighted by molar-refractivity contribution is 0.0582. The SMILES string of the molecule is CC(C)OCc1ccc(C(=O)N2CCC(Oc3ncnc4c3cnn4-c3ccc(S(C)(=O)=O)cc3F)CC2)nc1. The van der Waals surface area contributed by atoms with Crippen molar-refractivity contribution in [2.45, 2.75) is 50.4 Å². The molecule has 210 valence electrons. The molecule has 5 rings (SSSR count). The third-order valence-electron chi connectivity index (χ3n) is 6.54. The van der Waals surface area contributed by atoms with Crippen molar-refractivity contribution >= 4 is 26.8 Å². The van der Waals surface area contributed by atoms with Crippen LogP contribution in [0.15, 0.2) is 53.9 Å². The van der Waals surface area contributed by atoms with Gasteiger partial charge in [0, 0.05) is 38.4 Å². The number of benzene rings is 1. The fourth-order valence-corrected chi connectivity index (χ4v) is 5.01. The summed E-state index contributed by atoms with van der Waals surface area (Å²) in [5.74, 6) is -0.585. The van der Waals surface area contributed by atoms with Gasteiger partial charge in [0.15, 0.2) is 15.5 Å². The Morgan fingerprint density at radius 3 is 2.52 bits per heavy atom. The van der Waals surface area contributed by atoms with Gasteiger partial charge in [0.2, 0.25) is 5.88 Å². The highest BCUT2D eigenvalue weighted by atomic mass is 32.2. The minimum atomic E-state index is -3.56. The lowest BCUT2D eigenvalue weighted by atomic mass is 10.1. The van der Waals surface area contributed by atoms with Crippen LogP contribution in [0.3, 0.4) is 0 Å². The molecule has 0 radical (unpaired) electrons. The highest BCUT2D eigenvalue weighted by molar-refractivity contribution is 7.90. The number of piperidine rings is 1. The molecule has 4 heterocycles. The van der Waals surface area contributed by atoms with Gasteiger partial charge in [-0.25, -0.2) is 27.5 Å². The van der Waals surface area contributed by atoms with Gasteiger partial charge < -0.3 is 14.4 Å². The molecule has 0 spiro atoms. The minimum absolute atomic E-state index is 0.0490. The van der Waals surface area contributed by atoms with Gasteiger partial charge in [0.25, 0.3) is 5.91 Å². The highest BCUT2D eigenvalue weighted by Gasteiger charge is 2.27. The summed E-state index contributed by atoms with van der Waals surface area (Å²) in [5, 5.41) is 4.73. The molecule has 11 nitrogen and oxygen atoms in total. The molecule has 13 heteroatoms. The van der Waals surface area contributed by atoms with Crippen LogP contribution in [0.25, 0.3) is 16.7 Å². The van der Waals surface area contributed by atoms with E-state index in [-0.39, 0.29) is 28.7 Å². The molecule has 0 unspecified atom stereocenters. The van der Waals surface area contributed by atoms with Crippen LogP contribution in [0.1, 0.15) is 42.7 Å². The quantitative estimate of drug-likeness (QED) is 0.314. The average Bonchev–Trinajstić information content (AvgIpc) is 3.36. The van der Waals surface area contributed by atoms with E-state index in [1.165, 1.54) is 29.3 Å². The second-order valence-corrected chi connectivity index (χ2v) is 11.9. The Labute approximate surface area is 230 Å². The van der Waals surface area contributed by atoms with E-state index < -0.39 is 15.7 Å². The van der Waals surface area contributed by atoms with Crippen LogP contribution in [-0.2, 0) is 21.2 Å². The largest absolute Gasteiger partial charge is 0.474 e. The lowest BCUT2D eigenvalue weighted by Gasteiger charge is -2.31. The zero-order chi connectivity index (χ0) is 28.4. The van der Waals surface area contributed by atoms with Crippen molar-refractivity contribution < 1.29 is 27.1 Å². The molecule has 1 aliphatic rings. The summed E-state index contributed by atoms with van der Waals surface area (Å²) in [4.78, 5) is 27.4. The van der Waals surface area contributed by atoms with E-state index in [4.69, 9.17) is 9.47 Å². The van der Waals surface area contributed by atoms with Crippen LogP contribution in [0.5, 0.6) is 5.88 Å². The molecule has 1 aliphatic heterocycles. The summed E-state index contributed by atoms with van der Waals surface area (Å²) >= 11 is 0. The molecule has 4 aromatic rings. The number of pyridine rings is 1. The maximum atomic E-state index is 14.8. The lowest BCUT2D eigenvalue weighted by Crippen LogP contribution is -2.42. The number of aromatic nitrogens is 5. The van der Waals surface area contributed by atoms with Crippen molar-refractivity contribution in [1.29, 1.82) is 0 Å². The summed E-state index contributed by atoms with van der Waals surface area (Å²) in [7, 11) is -3.56. The van der Waals surface area contributed by atoms with E-state index in [0.717, 1.165) is 17.9 Å². The van der Waals surface area contributed by atoms with Crippen LogP contribution >= 0.6 is 0 Å². The molecule has 40 heavy (non-hydrogen) atoms. The van der Waals surface area contributed by atoms with Crippen LogP contribution in [0.2, 0.25) is 0 Å². The Morgan fingerprint density at radius 2 is 1.88 bits per heavy atom. The van der Waals surface area contributed by atoms with E-state index in [1.807, 2.05) is 19.9 Å². The minimum Gasteiger partial charge on any atom is -0.474 e. The summed E-state index contributed by atoms with van der Waals surface area (Å²) in [5.41, 5.74) is 1.66. The topological polar surface area (TPSA) is 129 Å². The van der Waals surface area contributed by atoms with E-state index in [0.29, 0.717) is 55.1 Å². The third-order valence-corrected chi connectivity index (χ3v) is 7.65. The first-order chi connectivity index (χ1) is 19.1. The summed E-state index contributed by atoms with van der Waals surface area (Å²) in [6.07, 6.45) is 6.57. The first-order valence-corrected chi connectivity index (χ1v) is 14.7. The van der Waals surface area contributed by atoms with Gasteiger partial charge in [0.05, 0.1) is 23.8 Å². The number of rotatable bonds is 8. The number of ether oxygens (including phenoxy) is 2. The molecule has 1 amide bonds. The first kappa shape index (κ1) is 27.6. The smallest absolute Gasteiger partial charge is 0.272 e. The predicted octanol–water partition coefficient (Wildman–Crippen LogP) is 3.36. The van der Waals surface area contributed by atoms with Gasteiger partial charge in [-0.2, -0.15) is 5.10 Å².